The monoisotopic (exact) mass is 338 g/mol. The molecule has 2 aromatic rings. The molecule has 2 saturated heterocycles. The molecule has 3 heterocycles. The van der Waals surface area contributed by atoms with E-state index in [1.807, 2.05) is 23.0 Å². The van der Waals surface area contributed by atoms with Crippen molar-refractivity contribution in [2.45, 2.75) is 50.9 Å². The summed E-state index contributed by atoms with van der Waals surface area (Å²) in [5, 5.41) is 4.31. The van der Waals surface area contributed by atoms with E-state index >= 15 is 0 Å². The van der Waals surface area contributed by atoms with Gasteiger partial charge in [0.2, 0.25) is 5.91 Å². The summed E-state index contributed by atoms with van der Waals surface area (Å²) < 4.78 is 1.95. The third kappa shape index (κ3) is 3.61. The highest BCUT2D eigenvalue weighted by Crippen LogP contribution is 2.26. The van der Waals surface area contributed by atoms with Crippen molar-refractivity contribution in [1.29, 1.82) is 0 Å². The molecule has 0 spiro atoms. The van der Waals surface area contributed by atoms with Gasteiger partial charge in [-0.3, -0.25) is 14.4 Å². The molecule has 2 aliphatic heterocycles. The number of amides is 1. The molecule has 2 atom stereocenters. The maximum Gasteiger partial charge on any atom is 0.240 e. The Hall–Kier alpha value is -2.14. The number of carbonyl (C=O) groups is 1. The first kappa shape index (κ1) is 16.3. The molecule has 1 amide bonds. The first-order valence-corrected chi connectivity index (χ1v) is 9.37. The Morgan fingerprint density at radius 2 is 1.92 bits per heavy atom. The van der Waals surface area contributed by atoms with Crippen LogP contribution in [-0.4, -0.2) is 50.7 Å². The number of hydrogen-bond acceptors (Lipinski definition) is 3. The Morgan fingerprint density at radius 1 is 1.08 bits per heavy atom. The minimum absolute atomic E-state index is 0.0402. The zero-order valence-electron chi connectivity index (χ0n) is 14.6. The van der Waals surface area contributed by atoms with Crippen LogP contribution in [0.4, 0.5) is 0 Å². The summed E-state index contributed by atoms with van der Waals surface area (Å²) in [5.41, 5.74) is 1.29. The summed E-state index contributed by atoms with van der Waals surface area (Å²) in [6, 6.07) is 12.8. The summed E-state index contributed by atoms with van der Waals surface area (Å²) in [6.07, 6.45) is 8.07. The molecule has 0 N–H and O–H groups in total. The molecule has 2 unspecified atom stereocenters. The van der Waals surface area contributed by atoms with Crippen molar-refractivity contribution in [3.8, 4) is 0 Å². The molecule has 0 radical (unpaired) electrons. The van der Waals surface area contributed by atoms with Crippen molar-refractivity contribution in [2.24, 2.45) is 0 Å². The van der Waals surface area contributed by atoms with Gasteiger partial charge in [0.25, 0.3) is 0 Å². The molecule has 5 nitrogen and oxygen atoms in total. The first-order chi connectivity index (χ1) is 12.3. The van der Waals surface area contributed by atoms with Gasteiger partial charge in [-0.05, 0) is 43.9 Å². The molecule has 0 bridgehead atoms. The molecule has 132 valence electrons. The molecule has 25 heavy (non-hydrogen) atoms. The summed E-state index contributed by atoms with van der Waals surface area (Å²) in [6.45, 7) is 3.59. The van der Waals surface area contributed by atoms with Gasteiger partial charge in [0, 0.05) is 25.5 Å². The summed E-state index contributed by atoms with van der Waals surface area (Å²) in [5.74, 6) is 0.322. The predicted molar refractivity (Wildman–Crippen MR) is 96.8 cm³/mol. The average Bonchev–Trinajstić information content (AvgIpc) is 3.38. The van der Waals surface area contributed by atoms with E-state index in [4.69, 9.17) is 0 Å². The smallest absolute Gasteiger partial charge is 0.240 e. The Labute approximate surface area is 149 Å². The Kier molecular flexibility index (Phi) is 4.83. The lowest BCUT2D eigenvalue weighted by atomic mass is 10.1. The van der Waals surface area contributed by atoms with Gasteiger partial charge in [0.15, 0.2) is 0 Å². The third-order valence-corrected chi connectivity index (χ3v) is 5.49. The predicted octanol–water partition coefficient (Wildman–Crippen LogP) is 2.54. The lowest BCUT2D eigenvalue weighted by molar-refractivity contribution is -0.137. The molecule has 2 aliphatic rings. The van der Waals surface area contributed by atoms with Crippen molar-refractivity contribution in [3.05, 3.63) is 54.4 Å². The van der Waals surface area contributed by atoms with Gasteiger partial charge < -0.3 is 4.90 Å². The molecular weight excluding hydrogens is 312 g/mol. The van der Waals surface area contributed by atoms with Gasteiger partial charge >= 0.3 is 0 Å². The van der Waals surface area contributed by atoms with Crippen LogP contribution in [0, 0.1) is 0 Å². The topological polar surface area (TPSA) is 41.4 Å². The van der Waals surface area contributed by atoms with Gasteiger partial charge in [0.05, 0.1) is 18.6 Å². The summed E-state index contributed by atoms with van der Waals surface area (Å²) >= 11 is 0. The number of nitrogens with zero attached hydrogens (tertiary/aromatic N) is 4. The molecule has 0 saturated carbocycles. The van der Waals surface area contributed by atoms with Gasteiger partial charge in [-0.15, -0.1) is 0 Å². The van der Waals surface area contributed by atoms with Crippen LogP contribution in [0.5, 0.6) is 0 Å². The SMILES string of the molecule is O=C(C1CCCN1Cc1ccccc1)N1CCCC1Cn1cccn1. The molecule has 5 heteroatoms. The second-order valence-corrected chi connectivity index (χ2v) is 7.17. The van der Waals surface area contributed by atoms with Gasteiger partial charge in [0.1, 0.15) is 0 Å². The van der Waals surface area contributed by atoms with E-state index in [0.717, 1.165) is 51.9 Å². The lowest BCUT2D eigenvalue weighted by Gasteiger charge is -2.31. The Bertz CT molecular complexity index is 685. The first-order valence-electron chi connectivity index (χ1n) is 9.37. The van der Waals surface area contributed by atoms with Crippen molar-refractivity contribution in [2.75, 3.05) is 13.1 Å². The van der Waals surface area contributed by atoms with E-state index in [0.29, 0.717) is 5.91 Å². The minimum Gasteiger partial charge on any atom is -0.336 e. The van der Waals surface area contributed by atoms with Crippen LogP contribution in [0.2, 0.25) is 0 Å². The largest absolute Gasteiger partial charge is 0.336 e. The van der Waals surface area contributed by atoms with Crippen molar-refractivity contribution >= 4 is 5.91 Å². The number of carbonyl (C=O) groups excluding carboxylic acids is 1. The fraction of sp³-hybridized carbons (Fsp3) is 0.500. The number of hydrogen-bond donors (Lipinski definition) is 0. The zero-order valence-corrected chi connectivity index (χ0v) is 14.6. The Morgan fingerprint density at radius 3 is 2.72 bits per heavy atom. The average molecular weight is 338 g/mol. The maximum atomic E-state index is 13.2. The number of rotatable bonds is 5. The second kappa shape index (κ2) is 7.40. The normalized spacial score (nSPS) is 24.1. The van der Waals surface area contributed by atoms with Crippen LogP contribution in [0.3, 0.4) is 0 Å². The highest BCUT2D eigenvalue weighted by atomic mass is 16.2. The van der Waals surface area contributed by atoms with Crippen molar-refractivity contribution < 1.29 is 4.79 Å². The number of likely N-dealkylation sites (tertiary alicyclic amines) is 2. The highest BCUT2D eigenvalue weighted by Gasteiger charge is 2.38. The number of benzene rings is 1. The van der Waals surface area contributed by atoms with E-state index in [9.17, 15) is 4.79 Å². The second-order valence-electron chi connectivity index (χ2n) is 7.17. The molecule has 1 aromatic heterocycles. The zero-order chi connectivity index (χ0) is 17.1. The van der Waals surface area contributed by atoms with Crippen molar-refractivity contribution in [1.82, 2.24) is 19.6 Å². The van der Waals surface area contributed by atoms with Gasteiger partial charge in [-0.25, -0.2) is 0 Å². The molecular formula is C20H26N4O. The van der Waals surface area contributed by atoms with E-state index in [-0.39, 0.29) is 12.1 Å². The van der Waals surface area contributed by atoms with Crippen LogP contribution >= 0.6 is 0 Å². The molecule has 1 aromatic carbocycles. The molecule has 0 aliphatic carbocycles. The standard InChI is InChI=1S/C20H26N4O/c25-20(24-14-4-9-18(24)16-23-13-6-11-21-23)19-10-5-12-22(19)15-17-7-2-1-3-8-17/h1-3,6-8,11,13,18-19H,4-5,9-10,12,14-16H2. The minimum atomic E-state index is 0.0402. The third-order valence-electron chi connectivity index (χ3n) is 5.49. The maximum absolute atomic E-state index is 13.2. The van der Waals surface area contributed by atoms with E-state index in [2.05, 4.69) is 39.2 Å². The number of aromatic nitrogens is 2. The molecule has 2 fully saturated rings. The van der Waals surface area contributed by atoms with E-state index in [1.165, 1.54) is 5.56 Å². The summed E-state index contributed by atoms with van der Waals surface area (Å²) in [4.78, 5) is 17.7. The lowest BCUT2D eigenvalue weighted by Crippen LogP contribution is -2.48. The van der Waals surface area contributed by atoms with Gasteiger partial charge in [-0.2, -0.15) is 5.10 Å². The van der Waals surface area contributed by atoms with Crippen LogP contribution in [0.15, 0.2) is 48.8 Å². The van der Waals surface area contributed by atoms with Crippen LogP contribution < -0.4 is 0 Å². The van der Waals surface area contributed by atoms with E-state index in [1.54, 1.807) is 6.20 Å². The fourth-order valence-corrected chi connectivity index (χ4v) is 4.24. The van der Waals surface area contributed by atoms with Crippen LogP contribution in [-0.2, 0) is 17.9 Å². The van der Waals surface area contributed by atoms with Crippen molar-refractivity contribution in [3.63, 3.8) is 0 Å². The quantitative estimate of drug-likeness (QED) is 0.841. The Balaban J connectivity index is 1.43. The van der Waals surface area contributed by atoms with Crippen LogP contribution in [0.1, 0.15) is 31.2 Å². The highest BCUT2D eigenvalue weighted by molar-refractivity contribution is 5.82. The van der Waals surface area contributed by atoms with E-state index < -0.39 is 0 Å². The summed E-state index contributed by atoms with van der Waals surface area (Å²) in [7, 11) is 0. The fourth-order valence-electron chi connectivity index (χ4n) is 4.24. The van der Waals surface area contributed by atoms with Crippen LogP contribution in [0.25, 0.3) is 0 Å². The van der Waals surface area contributed by atoms with Gasteiger partial charge in [-0.1, -0.05) is 30.3 Å². The molecule has 4 rings (SSSR count).